The fourth-order valence-corrected chi connectivity index (χ4v) is 3.23. The molecule has 0 radical (unpaired) electrons. The lowest BCUT2D eigenvalue weighted by atomic mass is 10.1. The molecule has 3 rings (SSSR count). The summed E-state index contributed by atoms with van der Waals surface area (Å²) in [6.45, 7) is 7.23. The first-order valence-electron chi connectivity index (χ1n) is 8.73. The van der Waals surface area contributed by atoms with Crippen molar-refractivity contribution in [3.05, 3.63) is 64.7 Å². The fourth-order valence-electron chi connectivity index (χ4n) is 3.23. The number of carbonyl (C=O) groups excluding carboxylic acids is 1. The second-order valence-electron chi connectivity index (χ2n) is 6.64. The van der Waals surface area contributed by atoms with Crippen LogP contribution in [0.25, 0.3) is 0 Å². The second kappa shape index (κ2) is 7.63. The van der Waals surface area contributed by atoms with Crippen molar-refractivity contribution in [1.29, 1.82) is 0 Å². The van der Waals surface area contributed by atoms with Crippen molar-refractivity contribution in [2.75, 3.05) is 13.1 Å². The molecule has 0 bridgehead atoms. The van der Waals surface area contributed by atoms with Crippen LogP contribution in [-0.4, -0.2) is 24.0 Å². The minimum Gasteiger partial charge on any atom is -0.422 e. The van der Waals surface area contributed by atoms with Crippen molar-refractivity contribution >= 4 is 5.97 Å². The van der Waals surface area contributed by atoms with Gasteiger partial charge in [-0.15, -0.1) is 0 Å². The Morgan fingerprint density at radius 3 is 2.21 bits per heavy atom. The number of benzene rings is 2. The van der Waals surface area contributed by atoms with E-state index < -0.39 is 0 Å². The third-order valence-corrected chi connectivity index (χ3v) is 4.65. The molecular formula is C21H25NO2. The van der Waals surface area contributed by atoms with Gasteiger partial charge in [0.1, 0.15) is 5.75 Å². The van der Waals surface area contributed by atoms with Gasteiger partial charge in [-0.25, -0.2) is 4.79 Å². The zero-order chi connectivity index (χ0) is 16.9. The highest BCUT2D eigenvalue weighted by Crippen LogP contribution is 2.23. The Hall–Kier alpha value is -2.13. The molecule has 1 fully saturated rings. The molecule has 0 unspecified atom stereocenters. The van der Waals surface area contributed by atoms with Crippen LogP contribution in [0.2, 0.25) is 0 Å². The van der Waals surface area contributed by atoms with Crippen LogP contribution in [0.4, 0.5) is 0 Å². The van der Waals surface area contributed by atoms with Crippen molar-refractivity contribution in [2.45, 2.75) is 39.7 Å². The van der Waals surface area contributed by atoms with E-state index in [0.717, 1.165) is 17.7 Å². The molecule has 0 saturated carbocycles. The summed E-state index contributed by atoms with van der Waals surface area (Å²) in [5.74, 6) is 0.372. The Kier molecular flexibility index (Phi) is 5.31. The Morgan fingerprint density at radius 2 is 1.58 bits per heavy atom. The first-order chi connectivity index (χ1) is 11.6. The smallest absolute Gasteiger partial charge is 0.343 e. The monoisotopic (exact) mass is 323 g/mol. The number of nitrogens with zero attached hydrogens (tertiary/aromatic N) is 1. The van der Waals surface area contributed by atoms with E-state index in [0.29, 0.717) is 11.3 Å². The molecule has 1 aliphatic rings. The Morgan fingerprint density at radius 1 is 0.958 bits per heavy atom. The molecule has 0 spiro atoms. The van der Waals surface area contributed by atoms with Gasteiger partial charge in [0.05, 0.1) is 5.56 Å². The average molecular weight is 323 g/mol. The van der Waals surface area contributed by atoms with E-state index in [4.69, 9.17) is 4.74 Å². The number of hydrogen-bond donors (Lipinski definition) is 0. The lowest BCUT2D eigenvalue weighted by Crippen LogP contribution is -2.29. The molecule has 0 aromatic heterocycles. The largest absolute Gasteiger partial charge is 0.422 e. The molecule has 1 heterocycles. The summed E-state index contributed by atoms with van der Waals surface area (Å²) in [6.07, 6.45) is 3.93. The van der Waals surface area contributed by atoms with Crippen LogP contribution in [0.5, 0.6) is 5.75 Å². The number of rotatable bonds is 4. The first kappa shape index (κ1) is 16.7. The lowest BCUT2D eigenvalue weighted by molar-refractivity contribution is 0.0732. The summed E-state index contributed by atoms with van der Waals surface area (Å²) in [6, 6.07) is 13.7. The van der Waals surface area contributed by atoms with Gasteiger partial charge in [-0.1, -0.05) is 36.8 Å². The van der Waals surface area contributed by atoms with Crippen LogP contribution in [0.15, 0.2) is 42.5 Å². The third kappa shape index (κ3) is 4.04. The van der Waals surface area contributed by atoms with E-state index in [1.165, 1.54) is 37.9 Å². The minimum absolute atomic E-state index is 0.295. The Bertz CT molecular complexity index is 680. The molecule has 3 nitrogen and oxygen atoms in total. The zero-order valence-electron chi connectivity index (χ0n) is 14.5. The van der Waals surface area contributed by atoms with Gasteiger partial charge in [0.2, 0.25) is 0 Å². The predicted molar refractivity (Wildman–Crippen MR) is 96.4 cm³/mol. The maximum absolute atomic E-state index is 12.4. The van der Waals surface area contributed by atoms with Crippen molar-refractivity contribution in [3.8, 4) is 5.75 Å². The second-order valence-corrected chi connectivity index (χ2v) is 6.64. The van der Waals surface area contributed by atoms with Crippen LogP contribution >= 0.6 is 0 Å². The van der Waals surface area contributed by atoms with Gasteiger partial charge in [0, 0.05) is 6.54 Å². The van der Waals surface area contributed by atoms with Gasteiger partial charge >= 0.3 is 5.97 Å². The fraction of sp³-hybridized carbons (Fsp3) is 0.381. The van der Waals surface area contributed by atoms with E-state index in [9.17, 15) is 4.79 Å². The zero-order valence-corrected chi connectivity index (χ0v) is 14.5. The number of carbonyl (C=O) groups is 1. The van der Waals surface area contributed by atoms with Crippen LogP contribution in [0, 0.1) is 13.8 Å². The molecule has 1 aliphatic heterocycles. The highest BCUT2D eigenvalue weighted by atomic mass is 16.5. The number of piperidine rings is 1. The molecule has 0 aliphatic carbocycles. The SMILES string of the molecule is Cc1cccc(C)c1OC(=O)c1ccc(CN2CCCCC2)cc1. The molecule has 126 valence electrons. The summed E-state index contributed by atoms with van der Waals surface area (Å²) < 4.78 is 5.60. The molecular weight excluding hydrogens is 298 g/mol. The number of para-hydroxylation sites is 1. The normalized spacial score (nSPS) is 15.2. The van der Waals surface area contributed by atoms with Gasteiger partial charge in [-0.3, -0.25) is 4.90 Å². The van der Waals surface area contributed by atoms with Crippen LogP contribution in [0.1, 0.15) is 46.3 Å². The van der Waals surface area contributed by atoms with E-state index >= 15 is 0 Å². The van der Waals surface area contributed by atoms with E-state index in [2.05, 4.69) is 4.90 Å². The summed E-state index contributed by atoms with van der Waals surface area (Å²) in [4.78, 5) is 14.9. The molecule has 3 heteroatoms. The van der Waals surface area contributed by atoms with Crippen LogP contribution < -0.4 is 4.74 Å². The average Bonchev–Trinajstić information content (AvgIpc) is 2.60. The topological polar surface area (TPSA) is 29.5 Å². The third-order valence-electron chi connectivity index (χ3n) is 4.65. The molecule has 2 aromatic carbocycles. The van der Waals surface area contributed by atoms with Gasteiger partial charge < -0.3 is 4.74 Å². The molecule has 24 heavy (non-hydrogen) atoms. The molecule has 0 N–H and O–H groups in total. The molecule has 2 aromatic rings. The van der Waals surface area contributed by atoms with E-state index in [1.807, 2.05) is 56.3 Å². The molecule has 0 atom stereocenters. The standard InChI is InChI=1S/C21H25NO2/c1-16-7-6-8-17(2)20(16)24-21(23)19-11-9-18(10-12-19)15-22-13-4-3-5-14-22/h6-12H,3-5,13-15H2,1-2H3. The quantitative estimate of drug-likeness (QED) is 0.612. The van der Waals surface area contributed by atoms with Crippen molar-refractivity contribution < 1.29 is 9.53 Å². The summed E-state index contributed by atoms with van der Waals surface area (Å²) in [5.41, 5.74) is 3.80. The highest BCUT2D eigenvalue weighted by Gasteiger charge is 2.13. The maximum atomic E-state index is 12.4. The van der Waals surface area contributed by atoms with Crippen LogP contribution in [0.3, 0.4) is 0 Å². The Balaban J connectivity index is 1.65. The van der Waals surface area contributed by atoms with Crippen LogP contribution in [-0.2, 0) is 6.54 Å². The predicted octanol–water partition coefficient (Wildman–Crippen LogP) is 4.51. The van der Waals surface area contributed by atoms with Gasteiger partial charge in [0.25, 0.3) is 0 Å². The molecule has 0 amide bonds. The van der Waals surface area contributed by atoms with Crippen molar-refractivity contribution in [1.82, 2.24) is 4.90 Å². The lowest BCUT2D eigenvalue weighted by Gasteiger charge is -2.26. The van der Waals surface area contributed by atoms with Gasteiger partial charge in [-0.2, -0.15) is 0 Å². The number of esters is 1. The summed E-state index contributed by atoms with van der Waals surface area (Å²) in [5, 5.41) is 0. The minimum atomic E-state index is -0.295. The van der Waals surface area contributed by atoms with Gasteiger partial charge in [0.15, 0.2) is 0 Å². The summed E-state index contributed by atoms with van der Waals surface area (Å²) >= 11 is 0. The number of hydrogen-bond acceptors (Lipinski definition) is 3. The number of likely N-dealkylation sites (tertiary alicyclic amines) is 1. The summed E-state index contributed by atoms with van der Waals surface area (Å²) in [7, 11) is 0. The van der Waals surface area contributed by atoms with Crippen molar-refractivity contribution in [2.24, 2.45) is 0 Å². The molecule has 1 saturated heterocycles. The van der Waals surface area contributed by atoms with Gasteiger partial charge in [-0.05, 0) is 68.6 Å². The highest BCUT2D eigenvalue weighted by molar-refractivity contribution is 5.91. The van der Waals surface area contributed by atoms with E-state index in [1.54, 1.807) is 0 Å². The first-order valence-corrected chi connectivity index (χ1v) is 8.73. The Labute approximate surface area is 144 Å². The number of ether oxygens (including phenoxy) is 1. The van der Waals surface area contributed by atoms with Crippen molar-refractivity contribution in [3.63, 3.8) is 0 Å². The number of aryl methyl sites for hydroxylation is 2. The maximum Gasteiger partial charge on any atom is 0.343 e. The van der Waals surface area contributed by atoms with E-state index in [-0.39, 0.29) is 5.97 Å².